The van der Waals surface area contributed by atoms with Crippen LogP contribution in [0, 0.1) is 6.92 Å². The fourth-order valence-electron chi connectivity index (χ4n) is 1.85. The molecule has 0 aromatic heterocycles. The first-order chi connectivity index (χ1) is 9.58. The zero-order valence-corrected chi connectivity index (χ0v) is 11.0. The van der Waals surface area contributed by atoms with E-state index in [1.165, 1.54) is 0 Å². The fourth-order valence-corrected chi connectivity index (χ4v) is 1.85. The van der Waals surface area contributed by atoms with E-state index in [-0.39, 0.29) is 0 Å². The van der Waals surface area contributed by atoms with Gasteiger partial charge < -0.3 is 10.4 Å². The fraction of sp³-hybridized carbons (Fsp3) is 0.125. The summed E-state index contributed by atoms with van der Waals surface area (Å²) in [6.45, 7) is 1.92. The molecule has 0 unspecified atom stereocenters. The number of carboxylic acids is 1. The zero-order chi connectivity index (χ0) is 14.5. The molecule has 0 saturated carbocycles. The third-order valence-electron chi connectivity index (χ3n) is 2.97. The molecular weight excluding hydrogens is 254 g/mol. The Hall–Kier alpha value is -2.62. The van der Waals surface area contributed by atoms with Gasteiger partial charge in [-0.3, -0.25) is 4.79 Å². The molecule has 2 N–H and O–H groups in total. The van der Waals surface area contributed by atoms with Crippen molar-refractivity contribution in [3.05, 3.63) is 71.3 Å². The molecule has 0 spiro atoms. The topological polar surface area (TPSA) is 66.4 Å². The predicted octanol–water partition coefficient (Wildman–Crippen LogP) is 2.55. The number of aryl methyl sites for hydroxylation is 1. The Labute approximate surface area is 117 Å². The monoisotopic (exact) mass is 269 g/mol. The Balaban J connectivity index is 2.19. The number of carbonyl (C=O) groups excluding carboxylic acids is 1. The number of amides is 1. The minimum absolute atomic E-state index is 0.402. The standard InChI is InChI=1S/C16H15NO3/c1-11-7-9-13(10-8-11)15(18)17-14(16(19)20)12-5-3-2-4-6-12/h2-10,14H,1H3,(H,17,18)(H,19,20)/t14-/m1/s1. The van der Waals surface area contributed by atoms with Crippen LogP contribution in [0.25, 0.3) is 0 Å². The number of carboxylic acid groups (broad SMARTS) is 1. The molecule has 0 saturated heterocycles. The molecule has 4 heteroatoms. The van der Waals surface area contributed by atoms with Gasteiger partial charge in [-0.25, -0.2) is 4.79 Å². The molecular formula is C16H15NO3. The van der Waals surface area contributed by atoms with Crippen molar-refractivity contribution >= 4 is 11.9 Å². The summed E-state index contributed by atoms with van der Waals surface area (Å²) in [5, 5.41) is 11.8. The van der Waals surface area contributed by atoms with Crippen LogP contribution >= 0.6 is 0 Å². The van der Waals surface area contributed by atoms with Crippen LogP contribution in [0.4, 0.5) is 0 Å². The van der Waals surface area contributed by atoms with Crippen molar-refractivity contribution in [3.8, 4) is 0 Å². The molecule has 0 aliphatic rings. The molecule has 2 aromatic rings. The summed E-state index contributed by atoms with van der Waals surface area (Å²) in [6, 6.07) is 14.5. The Morgan fingerprint density at radius 2 is 1.60 bits per heavy atom. The van der Waals surface area contributed by atoms with E-state index in [9.17, 15) is 14.7 Å². The van der Waals surface area contributed by atoms with Gasteiger partial charge in [0.15, 0.2) is 6.04 Å². The molecule has 102 valence electrons. The summed E-state index contributed by atoms with van der Waals surface area (Å²) in [5.41, 5.74) is 2.03. The van der Waals surface area contributed by atoms with E-state index in [0.717, 1.165) is 5.56 Å². The smallest absolute Gasteiger partial charge is 0.330 e. The Morgan fingerprint density at radius 1 is 1.00 bits per heavy atom. The Kier molecular flexibility index (Phi) is 4.15. The van der Waals surface area contributed by atoms with Gasteiger partial charge in [-0.15, -0.1) is 0 Å². The van der Waals surface area contributed by atoms with Crippen LogP contribution in [0.15, 0.2) is 54.6 Å². The van der Waals surface area contributed by atoms with Crippen molar-refractivity contribution in [1.82, 2.24) is 5.32 Å². The lowest BCUT2D eigenvalue weighted by Crippen LogP contribution is -2.33. The Bertz CT molecular complexity index is 605. The molecule has 0 aliphatic heterocycles. The third kappa shape index (κ3) is 3.23. The lowest BCUT2D eigenvalue weighted by molar-refractivity contribution is -0.139. The van der Waals surface area contributed by atoms with Crippen molar-refractivity contribution in [2.75, 3.05) is 0 Å². The molecule has 4 nitrogen and oxygen atoms in total. The highest BCUT2D eigenvalue weighted by Gasteiger charge is 2.22. The van der Waals surface area contributed by atoms with Crippen molar-refractivity contribution in [3.63, 3.8) is 0 Å². The van der Waals surface area contributed by atoms with Crippen molar-refractivity contribution in [2.45, 2.75) is 13.0 Å². The lowest BCUT2D eigenvalue weighted by Gasteiger charge is -2.15. The number of carbonyl (C=O) groups is 2. The van der Waals surface area contributed by atoms with Crippen molar-refractivity contribution in [2.24, 2.45) is 0 Å². The molecule has 0 radical (unpaired) electrons. The van der Waals surface area contributed by atoms with Crippen LogP contribution in [-0.2, 0) is 4.79 Å². The van der Waals surface area contributed by atoms with E-state index in [1.54, 1.807) is 42.5 Å². The maximum atomic E-state index is 12.1. The number of hydrogen-bond acceptors (Lipinski definition) is 2. The number of nitrogens with one attached hydrogen (secondary N) is 1. The summed E-state index contributed by atoms with van der Waals surface area (Å²) < 4.78 is 0. The van der Waals surface area contributed by atoms with Gasteiger partial charge in [0.25, 0.3) is 5.91 Å². The third-order valence-corrected chi connectivity index (χ3v) is 2.97. The number of rotatable bonds is 4. The quantitative estimate of drug-likeness (QED) is 0.896. The highest BCUT2D eigenvalue weighted by molar-refractivity contribution is 5.96. The van der Waals surface area contributed by atoms with E-state index in [2.05, 4.69) is 5.32 Å². The van der Waals surface area contributed by atoms with Crippen LogP contribution in [0.3, 0.4) is 0 Å². The maximum Gasteiger partial charge on any atom is 0.330 e. The van der Waals surface area contributed by atoms with Crippen molar-refractivity contribution < 1.29 is 14.7 Å². The van der Waals surface area contributed by atoms with E-state index in [0.29, 0.717) is 11.1 Å². The molecule has 1 atom stereocenters. The van der Waals surface area contributed by atoms with Gasteiger partial charge in [-0.1, -0.05) is 48.0 Å². The first-order valence-corrected chi connectivity index (χ1v) is 6.23. The maximum absolute atomic E-state index is 12.1. The van der Waals surface area contributed by atoms with E-state index < -0.39 is 17.9 Å². The minimum atomic E-state index is -1.09. The van der Waals surface area contributed by atoms with Crippen LogP contribution < -0.4 is 5.32 Å². The van der Waals surface area contributed by atoms with Gasteiger partial charge >= 0.3 is 5.97 Å². The van der Waals surface area contributed by atoms with E-state index in [4.69, 9.17) is 0 Å². The van der Waals surface area contributed by atoms with E-state index >= 15 is 0 Å². The van der Waals surface area contributed by atoms with Gasteiger partial charge in [0.05, 0.1) is 0 Å². The molecule has 0 heterocycles. The summed E-state index contributed by atoms with van der Waals surface area (Å²) in [5.74, 6) is -1.49. The molecule has 0 bridgehead atoms. The van der Waals surface area contributed by atoms with Crippen LogP contribution in [0.5, 0.6) is 0 Å². The molecule has 2 aromatic carbocycles. The minimum Gasteiger partial charge on any atom is -0.479 e. The number of hydrogen-bond donors (Lipinski definition) is 2. The summed E-state index contributed by atoms with van der Waals surface area (Å²) >= 11 is 0. The molecule has 0 aliphatic carbocycles. The second-order valence-electron chi connectivity index (χ2n) is 4.52. The van der Waals surface area contributed by atoms with Crippen LogP contribution in [-0.4, -0.2) is 17.0 Å². The van der Waals surface area contributed by atoms with Gasteiger partial charge in [0, 0.05) is 5.56 Å². The average Bonchev–Trinajstić information content (AvgIpc) is 2.46. The van der Waals surface area contributed by atoms with Crippen LogP contribution in [0.1, 0.15) is 27.5 Å². The highest BCUT2D eigenvalue weighted by atomic mass is 16.4. The summed E-state index contributed by atoms with van der Waals surface area (Å²) in [4.78, 5) is 23.4. The second-order valence-corrected chi connectivity index (χ2v) is 4.52. The summed E-state index contributed by atoms with van der Waals surface area (Å²) in [6.07, 6.45) is 0. The van der Waals surface area contributed by atoms with Gasteiger partial charge in [0.1, 0.15) is 0 Å². The lowest BCUT2D eigenvalue weighted by atomic mass is 10.1. The van der Waals surface area contributed by atoms with Crippen molar-refractivity contribution in [1.29, 1.82) is 0 Å². The van der Waals surface area contributed by atoms with E-state index in [1.807, 2.05) is 19.1 Å². The van der Waals surface area contributed by atoms with Gasteiger partial charge in [-0.05, 0) is 24.6 Å². The molecule has 2 rings (SSSR count). The van der Waals surface area contributed by atoms with Crippen LogP contribution in [0.2, 0.25) is 0 Å². The highest BCUT2D eigenvalue weighted by Crippen LogP contribution is 2.14. The SMILES string of the molecule is Cc1ccc(C(=O)N[C@@H](C(=O)O)c2ccccc2)cc1. The predicted molar refractivity (Wildman–Crippen MR) is 75.5 cm³/mol. The number of aliphatic carboxylic acids is 1. The largest absolute Gasteiger partial charge is 0.479 e. The normalized spacial score (nSPS) is 11.7. The second kappa shape index (κ2) is 6.02. The van der Waals surface area contributed by atoms with Gasteiger partial charge in [-0.2, -0.15) is 0 Å². The summed E-state index contributed by atoms with van der Waals surface area (Å²) in [7, 11) is 0. The average molecular weight is 269 g/mol. The molecule has 0 fully saturated rings. The first kappa shape index (κ1) is 13.8. The molecule has 20 heavy (non-hydrogen) atoms. The number of benzene rings is 2. The zero-order valence-electron chi connectivity index (χ0n) is 11.0. The van der Waals surface area contributed by atoms with Gasteiger partial charge in [0.2, 0.25) is 0 Å². The molecule has 1 amide bonds. The Morgan fingerprint density at radius 3 is 2.15 bits per heavy atom. The first-order valence-electron chi connectivity index (χ1n) is 6.23.